The van der Waals surface area contributed by atoms with Crippen molar-refractivity contribution in [2.45, 2.75) is 58.4 Å². The van der Waals surface area contributed by atoms with Crippen molar-refractivity contribution in [1.29, 1.82) is 0 Å². The first kappa shape index (κ1) is 17.1. The van der Waals surface area contributed by atoms with Crippen molar-refractivity contribution < 1.29 is 19.3 Å². The molecule has 0 aromatic carbocycles. The van der Waals surface area contributed by atoms with Gasteiger partial charge < -0.3 is 15.0 Å². The number of aliphatic hydroxyl groups excluding tert-OH is 1. The third-order valence-electron chi connectivity index (χ3n) is 9.07. The Balaban J connectivity index is 1.80. The highest BCUT2D eigenvalue weighted by Crippen LogP contribution is 2.72. The molecule has 2 saturated heterocycles. The lowest BCUT2D eigenvalue weighted by Gasteiger charge is -2.62. The smallest absolute Gasteiger partial charge is 0.159 e. The number of carbonyl (C=O) groups excluding carboxylic acids is 2. The average Bonchev–Trinajstić information content (AvgIpc) is 3.04. The third kappa shape index (κ3) is 1.65. The number of nitrogens with zero attached hydrogens (tertiary/aromatic N) is 1. The van der Waals surface area contributed by atoms with Crippen molar-refractivity contribution in [3.05, 3.63) is 16.4 Å². The number of hydrogen-bond acceptors (Lipinski definition) is 4. The van der Waals surface area contributed by atoms with Crippen molar-refractivity contribution >= 4 is 11.6 Å². The highest BCUT2D eigenvalue weighted by Gasteiger charge is 2.77. The van der Waals surface area contributed by atoms with E-state index in [0.717, 1.165) is 24.0 Å². The molecule has 2 bridgehead atoms. The molecule has 2 aliphatic heterocycles. The van der Waals surface area contributed by atoms with Crippen LogP contribution in [0, 0.1) is 33.8 Å². The molecule has 0 radical (unpaired) electrons. The zero-order chi connectivity index (χ0) is 18.5. The van der Waals surface area contributed by atoms with Gasteiger partial charge in [-0.2, -0.15) is 0 Å². The van der Waals surface area contributed by atoms with Crippen LogP contribution in [0.3, 0.4) is 0 Å². The Morgan fingerprint density at radius 2 is 2.04 bits per heavy atom. The van der Waals surface area contributed by atoms with Gasteiger partial charge in [0.2, 0.25) is 0 Å². The quantitative estimate of drug-likeness (QED) is 0.606. The van der Waals surface area contributed by atoms with Crippen molar-refractivity contribution in [3.8, 4) is 0 Å². The van der Waals surface area contributed by atoms with Crippen LogP contribution in [0.4, 0.5) is 0 Å². The van der Waals surface area contributed by atoms with Crippen LogP contribution < -0.4 is 0 Å². The minimum atomic E-state index is -0.761. The molecular weight excluding hydrogens is 330 g/mol. The van der Waals surface area contributed by atoms with Crippen molar-refractivity contribution in [1.82, 2.24) is 0 Å². The first-order valence-electron chi connectivity index (χ1n) is 10.3. The number of fused-ring (bicyclic) bond motifs is 1. The molecule has 5 nitrogen and oxygen atoms in total. The number of Topliss-reactive ketones (excluding diaryl/α,β-unsaturated/α-hetero) is 2. The van der Waals surface area contributed by atoms with Gasteiger partial charge in [-0.1, -0.05) is 19.4 Å². The Kier molecular flexibility index (Phi) is 3.33. The van der Waals surface area contributed by atoms with Crippen LogP contribution in [-0.4, -0.2) is 47.1 Å². The molecule has 1 unspecified atom stereocenters. The van der Waals surface area contributed by atoms with E-state index in [0.29, 0.717) is 38.8 Å². The number of quaternary nitrogens is 1. The minimum absolute atomic E-state index is 0.0152. The van der Waals surface area contributed by atoms with Gasteiger partial charge in [-0.15, -0.1) is 0 Å². The van der Waals surface area contributed by atoms with E-state index in [4.69, 9.17) is 0 Å². The van der Waals surface area contributed by atoms with E-state index in [1.807, 2.05) is 0 Å². The SMILES string of the molecule is C[C@@H]1C[N+]2([O-])C[C@H]3CCC(=O)C4=C(CCO)CC[C@@]45C(=O)[C@@H]1C[C@@H]2[C@@]35C. The predicted octanol–water partition coefficient (Wildman–Crippen LogP) is 2.37. The molecule has 0 amide bonds. The number of aliphatic hydroxyl groups is 1. The van der Waals surface area contributed by atoms with Crippen LogP contribution in [0.15, 0.2) is 11.1 Å². The standard InChI is InChI=1S/C21H29NO4/c1-12-10-22(26)11-14-3-4-16(24)18-13(6-8-23)5-7-21(18)19(25)15(12)9-17(22)20(14,21)2/h12,14-15,17,23H,3-11H2,1-2H3/t12-,14-,15-,17-,20-,21+,22?/m1/s1. The molecule has 0 aromatic rings. The highest BCUT2D eigenvalue weighted by atomic mass is 16.6. The minimum Gasteiger partial charge on any atom is -0.633 e. The number of piperidine rings is 1. The lowest BCUT2D eigenvalue weighted by molar-refractivity contribution is -0.908. The zero-order valence-electron chi connectivity index (χ0n) is 15.8. The number of ketones is 2. The maximum Gasteiger partial charge on any atom is 0.159 e. The monoisotopic (exact) mass is 359 g/mol. The number of carbonyl (C=O) groups is 2. The van der Waals surface area contributed by atoms with Gasteiger partial charge in [0.05, 0.1) is 24.5 Å². The van der Waals surface area contributed by atoms with Gasteiger partial charge in [-0.3, -0.25) is 9.59 Å². The Morgan fingerprint density at radius 3 is 2.77 bits per heavy atom. The Bertz CT molecular complexity index is 744. The largest absolute Gasteiger partial charge is 0.633 e. The normalized spacial score (nSPS) is 52.3. The summed E-state index contributed by atoms with van der Waals surface area (Å²) in [5.41, 5.74) is 0.568. The maximum atomic E-state index is 13.9. The van der Waals surface area contributed by atoms with Crippen LogP contribution in [0.2, 0.25) is 0 Å². The van der Waals surface area contributed by atoms with Crippen LogP contribution >= 0.6 is 0 Å². The second kappa shape index (κ2) is 5.06. The average molecular weight is 359 g/mol. The first-order valence-corrected chi connectivity index (χ1v) is 10.3. The summed E-state index contributed by atoms with van der Waals surface area (Å²) < 4.78 is -0.148. The summed E-state index contributed by atoms with van der Waals surface area (Å²) >= 11 is 0. The molecule has 2 saturated carbocycles. The van der Waals surface area contributed by atoms with E-state index in [1.165, 1.54) is 0 Å². The maximum absolute atomic E-state index is 13.9. The summed E-state index contributed by atoms with van der Waals surface area (Å²) in [6.45, 7) is 5.37. The molecule has 1 spiro atoms. The lowest BCUT2D eigenvalue weighted by Crippen LogP contribution is -2.69. The Morgan fingerprint density at radius 1 is 1.27 bits per heavy atom. The van der Waals surface area contributed by atoms with Crippen molar-refractivity contribution in [3.63, 3.8) is 0 Å². The van der Waals surface area contributed by atoms with Gasteiger partial charge in [0.25, 0.3) is 0 Å². The second-order valence-corrected chi connectivity index (χ2v) is 9.82. The second-order valence-electron chi connectivity index (χ2n) is 9.82. The molecule has 4 fully saturated rings. The van der Waals surface area contributed by atoms with Gasteiger partial charge >= 0.3 is 0 Å². The van der Waals surface area contributed by atoms with Gasteiger partial charge in [0, 0.05) is 48.2 Å². The number of allylic oxidation sites excluding steroid dienone is 1. The Labute approximate surface area is 154 Å². The van der Waals surface area contributed by atoms with E-state index in [1.54, 1.807) is 0 Å². The molecule has 26 heavy (non-hydrogen) atoms. The Hall–Kier alpha value is -1.04. The fourth-order valence-corrected chi connectivity index (χ4v) is 8.07. The molecule has 142 valence electrons. The van der Waals surface area contributed by atoms with Gasteiger partial charge in [0.1, 0.15) is 5.78 Å². The topological polar surface area (TPSA) is 77.4 Å². The number of rotatable bonds is 2. The van der Waals surface area contributed by atoms with Crippen LogP contribution in [0.1, 0.15) is 52.4 Å². The molecule has 2 heterocycles. The lowest BCUT2D eigenvalue weighted by atomic mass is 9.45. The van der Waals surface area contributed by atoms with Gasteiger partial charge in [0.15, 0.2) is 5.78 Å². The van der Waals surface area contributed by atoms with Crippen molar-refractivity contribution in [2.24, 2.45) is 28.6 Å². The van der Waals surface area contributed by atoms with E-state index in [9.17, 15) is 19.9 Å². The molecule has 7 atom stereocenters. The molecule has 1 N–H and O–H groups in total. The number of hydrogen-bond donors (Lipinski definition) is 1. The van der Waals surface area contributed by atoms with E-state index in [2.05, 4.69) is 13.8 Å². The third-order valence-corrected chi connectivity index (χ3v) is 9.07. The van der Waals surface area contributed by atoms with Crippen LogP contribution in [0.5, 0.6) is 0 Å². The van der Waals surface area contributed by atoms with E-state index >= 15 is 0 Å². The summed E-state index contributed by atoms with van der Waals surface area (Å²) in [5.74, 6) is 0.525. The fourth-order valence-electron chi connectivity index (χ4n) is 8.07. The van der Waals surface area contributed by atoms with Crippen molar-refractivity contribution in [2.75, 3.05) is 19.7 Å². The fraction of sp³-hybridized carbons (Fsp3) is 0.810. The highest BCUT2D eigenvalue weighted by molar-refractivity contribution is 6.08. The summed E-state index contributed by atoms with van der Waals surface area (Å²) in [6, 6.07) is -0.0548. The van der Waals surface area contributed by atoms with E-state index < -0.39 is 10.8 Å². The summed E-state index contributed by atoms with van der Waals surface area (Å²) in [4.78, 5) is 27.1. The zero-order valence-corrected chi connectivity index (χ0v) is 15.8. The summed E-state index contributed by atoms with van der Waals surface area (Å²) in [6.07, 6.45) is 3.77. The number of hydroxylamine groups is 3. The molecule has 5 rings (SSSR count). The summed E-state index contributed by atoms with van der Waals surface area (Å²) in [7, 11) is 0. The first-order chi connectivity index (χ1) is 12.3. The summed E-state index contributed by atoms with van der Waals surface area (Å²) in [5, 5.41) is 23.3. The molecule has 5 heteroatoms. The van der Waals surface area contributed by atoms with Crippen LogP contribution in [-0.2, 0) is 9.59 Å². The van der Waals surface area contributed by atoms with Gasteiger partial charge in [-0.05, 0) is 25.7 Å². The molecule has 3 aliphatic carbocycles. The molecular formula is C21H29NO4. The van der Waals surface area contributed by atoms with Crippen LogP contribution in [0.25, 0.3) is 0 Å². The predicted molar refractivity (Wildman–Crippen MR) is 95.7 cm³/mol. The van der Waals surface area contributed by atoms with E-state index in [-0.39, 0.29) is 46.6 Å². The molecule has 0 aromatic heterocycles. The molecule has 5 aliphatic rings. The van der Waals surface area contributed by atoms with Gasteiger partial charge in [-0.25, -0.2) is 0 Å².